The van der Waals surface area contributed by atoms with Crippen molar-refractivity contribution in [1.29, 1.82) is 0 Å². The Morgan fingerprint density at radius 2 is 2.23 bits per heavy atom. The number of ether oxygens (including phenoxy) is 1. The Balaban J connectivity index is 2.71. The summed E-state index contributed by atoms with van der Waals surface area (Å²) in [6, 6.07) is 0. The summed E-state index contributed by atoms with van der Waals surface area (Å²) in [5.74, 6) is -3.23. The van der Waals surface area contributed by atoms with Gasteiger partial charge in [-0.05, 0) is 12.8 Å². The van der Waals surface area contributed by atoms with Crippen molar-refractivity contribution in [3.8, 4) is 0 Å². The van der Waals surface area contributed by atoms with E-state index in [1.54, 1.807) is 0 Å². The van der Waals surface area contributed by atoms with Crippen molar-refractivity contribution in [3.05, 3.63) is 0 Å². The Bertz CT molecular complexity index is 200. The maximum absolute atomic E-state index is 12.3. The molecule has 0 spiro atoms. The van der Waals surface area contributed by atoms with Gasteiger partial charge in [0.1, 0.15) is 0 Å². The van der Waals surface area contributed by atoms with Crippen LogP contribution in [0.1, 0.15) is 19.8 Å². The van der Waals surface area contributed by atoms with E-state index < -0.39 is 24.0 Å². The molecule has 1 rings (SSSR count). The third kappa shape index (κ3) is 2.14. The van der Waals surface area contributed by atoms with Crippen molar-refractivity contribution in [3.63, 3.8) is 0 Å². The van der Waals surface area contributed by atoms with Crippen LogP contribution in [-0.4, -0.2) is 18.8 Å². The zero-order valence-corrected chi connectivity index (χ0v) is 7.23. The molecule has 0 radical (unpaired) electrons. The number of cyclic esters (lactones) is 1. The first-order chi connectivity index (χ1) is 5.96. The van der Waals surface area contributed by atoms with E-state index in [0.29, 0.717) is 0 Å². The minimum absolute atomic E-state index is 0.0662. The maximum Gasteiger partial charge on any atom is 0.392 e. The number of hydrogen-bond acceptors (Lipinski definition) is 2. The predicted octanol–water partition coefficient (Wildman–Crippen LogP) is 2.14. The van der Waals surface area contributed by atoms with Crippen LogP contribution in [0.4, 0.5) is 13.2 Å². The summed E-state index contributed by atoms with van der Waals surface area (Å²) in [6.45, 7) is 1.56. The molecule has 1 heterocycles. The summed E-state index contributed by atoms with van der Waals surface area (Å²) >= 11 is 0. The SMILES string of the molecule is CC[C@H]([C@@H]1CCOC1=O)C(F)(F)F. The fourth-order valence-electron chi connectivity index (χ4n) is 1.62. The van der Waals surface area contributed by atoms with Gasteiger partial charge in [-0.2, -0.15) is 13.2 Å². The van der Waals surface area contributed by atoms with Crippen molar-refractivity contribution in [1.82, 2.24) is 0 Å². The highest BCUT2D eigenvalue weighted by Gasteiger charge is 2.48. The van der Waals surface area contributed by atoms with Crippen LogP contribution in [0.5, 0.6) is 0 Å². The standard InChI is InChI=1S/C8H11F3O2/c1-2-6(8(9,10)11)5-3-4-13-7(5)12/h5-6H,2-4H2,1H3/t5-,6+/m0/s1. The van der Waals surface area contributed by atoms with Crippen LogP contribution in [0.25, 0.3) is 0 Å². The van der Waals surface area contributed by atoms with Crippen molar-refractivity contribution in [2.75, 3.05) is 6.61 Å². The molecule has 1 aliphatic heterocycles. The molecule has 0 saturated carbocycles. The van der Waals surface area contributed by atoms with E-state index in [1.165, 1.54) is 6.92 Å². The lowest BCUT2D eigenvalue weighted by molar-refractivity contribution is -0.193. The van der Waals surface area contributed by atoms with Gasteiger partial charge in [-0.25, -0.2) is 0 Å². The molecule has 13 heavy (non-hydrogen) atoms. The fraction of sp³-hybridized carbons (Fsp3) is 0.875. The lowest BCUT2D eigenvalue weighted by atomic mass is 9.88. The Kier molecular flexibility index (Phi) is 2.83. The number of alkyl halides is 3. The molecular formula is C8H11F3O2. The third-order valence-corrected chi connectivity index (χ3v) is 2.32. The first kappa shape index (κ1) is 10.3. The summed E-state index contributed by atoms with van der Waals surface area (Å²) in [5, 5.41) is 0. The second-order valence-electron chi connectivity index (χ2n) is 3.12. The second-order valence-corrected chi connectivity index (χ2v) is 3.12. The van der Waals surface area contributed by atoms with Crippen LogP contribution >= 0.6 is 0 Å². The molecule has 5 heteroatoms. The third-order valence-electron chi connectivity index (χ3n) is 2.32. The number of carbonyl (C=O) groups excluding carboxylic acids is 1. The highest BCUT2D eigenvalue weighted by Crippen LogP contribution is 2.38. The zero-order chi connectivity index (χ0) is 10.1. The topological polar surface area (TPSA) is 26.3 Å². The van der Waals surface area contributed by atoms with E-state index >= 15 is 0 Å². The Hall–Kier alpha value is -0.740. The van der Waals surface area contributed by atoms with Crippen molar-refractivity contribution in [2.24, 2.45) is 11.8 Å². The smallest absolute Gasteiger partial charge is 0.392 e. The molecule has 0 aromatic carbocycles. The molecule has 2 atom stereocenters. The van der Waals surface area contributed by atoms with Gasteiger partial charge in [0, 0.05) is 0 Å². The minimum atomic E-state index is -4.29. The Morgan fingerprint density at radius 1 is 1.62 bits per heavy atom. The van der Waals surface area contributed by atoms with Gasteiger partial charge in [-0.3, -0.25) is 4.79 Å². The largest absolute Gasteiger partial charge is 0.465 e. The summed E-state index contributed by atoms with van der Waals surface area (Å²) in [4.78, 5) is 10.9. The fourth-order valence-corrected chi connectivity index (χ4v) is 1.62. The number of esters is 1. The van der Waals surface area contributed by atoms with Crippen molar-refractivity contribution >= 4 is 5.97 Å². The van der Waals surface area contributed by atoms with Crippen LogP contribution in [0.2, 0.25) is 0 Å². The Morgan fingerprint density at radius 3 is 2.54 bits per heavy atom. The second kappa shape index (κ2) is 3.55. The molecule has 2 nitrogen and oxygen atoms in total. The van der Waals surface area contributed by atoms with Gasteiger partial charge in [0.25, 0.3) is 0 Å². The lowest BCUT2D eigenvalue weighted by Gasteiger charge is -2.21. The average molecular weight is 196 g/mol. The molecule has 0 amide bonds. The number of rotatable bonds is 2. The molecule has 0 bridgehead atoms. The molecule has 76 valence electrons. The van der Waals surface area contributed by atoms with E-state index in [1.807, 2.05) is 0 Å². The quantitative estimate of drug-likeness (QED) is 0.632. The van der Waals surface area contributed by atoms with Gasteiger partial charge >= 0.3 is 12.1 Å². The minimum Gasteiger partial charge on any atom is -0.465 e. The molecule has 1 saturated heterocycles. The van der Waals surface area contributed by atoms with Gasteiger partial charge in [0.2, 0.25) is 0 Å². The van der Waals surface area contributed by atoms with Crippen LogP contribution < -0.4 is 0 Å². The summed E-state index contributed by atoms with van der Waals surface area (Å²) < 4.78 is 41.5. The van der Waals surface area contributed by atoms with E-state index in [0.717, 1.165) is 0 Å². The number of carbonyl (C=O) groups is 1. The molecule has 1 fully saturated rings. The Labute approximate surface area is 74.1 Å². The molecular weight excluding hydrogens is 185 g/mol. The first-order valence-electron chi connectivity index (χ1n) is 4.20. The summed E-state index contributed by atoms with van der Waals surface area (Å²) in [7, 11) is 0. The zero-order valence-electron chi connectivity index (χ0n) is 7.23. The van der Waals surface area contributed by atoms with E-state index in [4.69, 9.17) is 0 Å². The highest BCUT2D eigenvalue weighted by molar-refractivity contribution is 5.74. The van der Waals surface area contributed by atoms with Gasteiger partial charge in [0.15, 0.2) is 0 Å². The van der Waals surface area contributed by atoms with Crippen LogP contribution in [0, 0.1) is 11.8 Å². The van der Waals surface area contributed by atoms with Crippen LogP contribution in [0.15, 0.2) is 0 Å². The van der Waals surface area contributed by atoms with Crippen molar-refractivity contribution < 1.29 is 22.7 Å². The molecule has 0 aliphatic carbocycles. The van der Waals surface area contributed by atoms with Gasteiger partial charge in [-0.15, -0.1) is 0 Å². The maximum atomic E-state index is 12.3. The monoisotopic (exact) mass is 196 g/mol. The molecule has 0 aromatic rings. The van der Waals surface area contributed by atoms with E-state index in [9.17, 15) is 18.0 Å². The van der Waals surface area contributed by atoms with E-state index in [2.05, 4.69) is 4.74 Å². The number of hydrogen-bond donors (Lipinski definition) is 0. The summed E-state index contributed by atoms with van der Waals surface area (Å²) in [6.07, 6.45) is -4.16. The van der Waals surface area contributed by atoms with E-state index in [-0.39, 0.29) is 19.4 Å². The predicted molar refractivity (Wildman–Crippen MR) is 38.9 cm³/mol. The molecule has 1 aliphatic rings. The number of halogens is 3. The highest BCUT2D eigenvalue weighted by atomic mass is 19.4. The lowest BCUT2D eigenvalue weighted by Crippen LogP contribution is -2.32. The average Bonchev–Trinajstić information content (AvgIpc) is 2.35. The van der Waals surface area contributed by atoms with Crippen LogP contribution in [-0.2, 0) is 9.53 Å². The molecule has 0 N–H and O–H groups in total. The van der Waals surface area contributed by atoms with Crippen LogP contribution in [0.3, 0.4) is 0 Å². The van der Waals surface area contributed by atoms with Crippen molar-refractivity contribution in [2.45, 2.75) is 25.9 Å². The normalized spacial score (nSPS) is 25.8. The first-order valence-corrected chi connectivity index (χ1v) is 4.20. The molecule has 0 aromatic heterocycles. The summed E-state index contributed by atoms with van der Waals surface area (Å²) in [5.41, 5.74) is 0. The molecule has 0 unspecified atom stereocenters. The van der Waals surface area contributed by atoms with Gasteiger partial charge < -0.3 is 4.74 Å². The van der Waals surface area contributed by atoms with Gasteiger partial charge in [0.05, 0.1) is 18.4 Å². The van der Waals surface area contributed by atoms with Gasteiger partial charge in [-0.1, -0.05) is 6.92 Å².